The van der Waals surface area contributed by atoms with Gasteiger partial charge in [-0.05, 0) is 37.9 Å². The molecular formula is C7H5Br2NO3. The molecule has 1 rings (SSSR count). The first-order chi connectivity index (χ1) is 6.07. The summed E-state index contributed by atoms with van der Waals surface area (Å²) in [6, 6.07) is 2.92. The first-order valence-electron chi connectivity index (χ1n) is 3.24. The Bertz CT molecular complexity index is 354. The van der Waals surface area contributed by atoms with Crippen molar-refractivity contribution in [3.8, 4) is 5.75 Å². The highest BCUT2D eigenvalue weighted by molar-refractivity contribution is 9.13. The van der Waals surface area contributed by atoms with Gasteiger partial charge in [-0.15, -0.1) is 0 Å². The Kier molecular flexibility index (Phi) is 3.27. The second kappa shape index (κ2) is 4.06. The zero-order chi connectivity index (χ0) is 10.0. The lowest BCUT2D eigenvalue weighted by molar-refractivity contribution is -0.385. The average molecular weight is 311 g/mol. The first-order valence-corrected chi connectivity index (χ1v) is 4.83. The lowest BCUT2D eigenvalue weighted by Crippen LogP contribution is -1.92. The van der Waals surface area contributed by atoms with Crippen LogP contribution in [0.2, 0.25) is 0 Å². The maximum absolute atomic E-state index is 10.5. The number of methoxy groups -OCH3 is 1. The average Bonchev–Trinajstić information content (AvgIpc) is 2.09. The molecule has 0 spiro atoms. The van der Waals surface area contributed by atoms with E-state index in [0.717, 1.165) is 0 Å². The summed E-state index contributed by atoms with van der Waals surface area (Å²) in [5.74, 6) is 0.553. The first kappa shape index (κ1) is 10.5. The van der Waals surface area contributed by atoms with Gasteiger partial charge in [-0.1, -0.05) is 0 Å². The molecule has 0 fully saturated rings. The molecule has 0 aliphatic carbocycles. The third kappa shape index (κ3) is 2.00. The van der Waals surface area contributed by atoms with Crippen LogP contribution in [0.15, 0.2) is 21.1 Å². The molecule has 6 heteroatoms. The van der Waals surface area contributed by atoms with Crippen LogP contribution in [0, 0.1) is 10.1 Å². The van der Waals surface area contributed by atoms with Crippen molar-refractivity contribution in [2.45, 2.75) is 0 Å². The highest BCUT2D eigenvalue weighted by atomic mass is 79.9. The van der Waals surface area contributed by atoms with Gasteiger partial charge in [0, 0.05) is 6.07 Å². The number of nitrogens with zero attached hydrogens (tertiary/aromatic N) is 1. The minimum absolute atomic E-state index is 0.00711. The van der Waals surface area contributed by atoms with Crippen molar-refractivity contribution in [2.75, 3.05) is 7.11 Å². The van der Waals surface area contributed by atoms with Gasteiger partial charge >= 0.3 is 0 Å². The van der Waals surface area contributed by atoms with E-state index >= 15 is 0 Å². The van der Waals surface area contributed by atoms with E-state index in [4.69, 9.17) is 4.74 Å². The number of rotatable bonds is 2. The van der Waals surface area contributed by atoms with Crippen LogP contribution in [0.1, 0.15) is 0 Å². The molecule has 13 heavy (non-hydrogen) atoms. The molecule has 0 radical (unpaired) electrons. The molecule has 70 valence electrons. The molecule has 0 aliphatic heterocycles. The van der Waals surface area contributed by atoms with Crippen molar-refractivity contribution in [3.63, 3.8) is 0 Å². The molecule has 0 saturated carbocycles. The summed E-state index contributed by atoms with van der Waals surface area (Å²) in [5.41, 5.74) is 0.00711. The molecule has 0 bridgehead atoms. The van der Waals surface area contributed by atoms with E-state index in [0.29, 0.717) is 14.7 Å². The molecule has 0 heterocycles. The maximum atomic E-state index is 10.5. The Hall–Kier alpha value is -0.620. The van der Waals surface area contributed by atoms with Crippen LogP contribution in [0.25, 0.3) is 0 Å². The summed E-state index contributed by atoms with van der Waals surface area (Å²) in [6.07, 6.45) is 0. The molecular weight excluding hydrogens is 306 g/mol. The largest absolute Gasteiger partial charge is 0.496 e. The predicted octanol–water partition coefficient (Wildman–Crippen LogP) is 3.13. The number of hydrogen-bond acceptors (Lipinski definition) is 3. The van der Waals surface area contributed by atoms with Crippen LogP contribution in [-0.2, 0) is 0 Å². The SMILES string of the molecule is COc1ccc([N+](=O)[O-])c(Br)c1Br. The van der Waals surface area contributed by atoms with E-state index in [1.165, 1.54) is 19.2 Å². The normalized spacial score (nSPS) is 9.77. The van der Waals surface area contributed by atoms with Crippen molar-refractivity contribution in [1.29, 1.82) is 0 Å². The zero-order valence-electron chi connectivity index (χ0n) is 6.58. The highest BCUT2D eigenvalue weighted by Crippen LogP contribution is 2.38. The Labute approximate surface area is 91.3 Å². The van der Waals surface area contributed by atoms with E-state index in [1.54, 1.807) is 0 Å². The lowest BCUT2D eigenvalue weighted by Gasteiger charge is -2.04. The molecule has 1 aromatic carbocycles. The van der Waals surface area contributed by atoms with Gasteiger partial charge in [0.25, 0.3) is 5.69 Å². The van der Waals surface area contributed by atoms with Crippen LogP contribution in [0.4, 0.5) is 5.69 Å². The minimum Gasteiger partial charge on any atom is -0.496 e. The van der Waals surface area contributed by atoms with Gasteiger partial charge in [-0.25, -0.2) is 0 Å². The number of halogens is 2. The fourth-order valence-electron chi connectivity index (χ4n) is 0.820. The van der Waals surface area contributed by atoms with Crippen LogP contribution in [-0.4, -0.2) is 12.0 Å². The van der Waals surface area contributed by atoms with Crippen LogP contribution >= 0.6 is 31.9 Å². The van der Waals surface area contributed by atoms with E-state index in [9.17, 15) is 10.1 Å². The van der Waals surface area contributed by atoms with Gasteiger partial charge in [0.15, 0.2) is 0 Å². The van der Waals surface area contributed by atoms with Crippen LogP contribution in [0.5, 0.6) is 5.75 Å². The molecule has 4 nitrogen and oxygen atoms in total. The maximum Gasteiger partial charge on any atom is 0.284 e. The molecule has 0 unspecified atom stereocenters. The quantitative estimate of drug-likeness (QED) is 0.623. The Morgan fingerprint density at radius 2 is 2.00 bits per heavy atom. The zero-order valence-corrected chi connectivity index (χ0v) is 9.75. The van der Waals surface area contributed by atoms with Gasteiger partial charge in [0.1, 0.15) is 10.2 Å². The van der Waals surface area contributed by atoms with Crippen LogP contribution in [0.3, 0.4) is 0 Å². The number of nitro benzene ring substituents is 1. The summed E-state index contributed by atoms with van der Waals surface area (Å²) in [5, 5.41) is 10.5. The summed E-state index contributed by atoms with van der Waals surface area (Å²) < 4.78 is 5.89. The van der Waals surface area contributed by atoms with Gasteiger partial charge in [0.05, 0.1) is 16.5 Å². The van der Waals surface area contributed by atoms with Crippen molar-refractivity contribution >= 4 is 37.5 Å². The van der Waals surface area contributed by atoms with Crippen LogP contribution < -0.4 is 4.74 Å². The van der Waals surface area contributed by atoms with E-state index < -0.39 is 4.92 Å². The van der Waals surface area contributed by atoms with Crippen molar-refractivity contribution in [3.05, 3.63) is 31.2 Å². The fraction of sp³-hybridized carbons (Fsp3) is 0.143. The third-order valence-corrected chi connectivity index (χ3v) is 3.57. The van der Waals surface area contributed by atoms with E-state index in [-0.39, 0.29) is 5.69 Å². The van der Waals surface area contributed by atoms with E-state index in [2.05, 4.69) is 31.9 Å². The molecule has 0 amide bonds. The third-order valence-electron chi connectivity index (χ3n) is 1.44. The number of hydrogen-bond donors (Lipinski definition) is 0. The molecule has 0 aromatic heterocycles. The minimum atomic E-state index is -0.464. The lowest BCUT2D eigenvalue weighted by atomic mass is 10.3. The molecule has 0 atom stereocenters. The predicted molar refractivity (Wildman–Crippen MR) is 55.0 cm³/mol. The Morgan fingerprint density at radius 1 is 1.38 bits per heavy atom. The second-order valence-corrected chi connectivity index (χ2v) is 3.76. The van der Waals surface area contributed by atoms with Gasteiger partial charge in [-0.2, -0.15) is 0 Å². The van der Waals surface area contributed by atoms with Gasteiger partial charge < -0.3 is 4.74 Å². The van der Waals surface area contributed by atoms with Gasteiger partial charge in [0.2, 0.25) is 0 Å². The standard InChI is InChI=1S/C7H5Br2NO3/c1-13-5-3-2-4(10(11)12)6(8)7(5)9/h2-3H,1H3. The molecule has 0 N–H and O–H groups in total. The second-order valence-electron chi connectivity index (χ2n) is 2.17. The monoisotopic (exact) mass is 309 g/mol. The van der Waals surface area contributed by atoms with E-state index in [1.807, 2.05) is 0 Å². The summed E-state index contributed by atoms with van der Waals surface area (Å²) in [4.78, 5) is 10.0. The smallest absolute Gasteiger partial charge is 0.284 e. The highest BCUT2D eigenvalue weighted by Gasteiger charge is 2.17. The summed E-state index contributed by atoms with van der Waals surface area (Å²) >= 11 is 6.29. The van der Waals surface area contributed by atoms with Crippen molar-refractivity contribution < 1.29 is 9.66 Å². The number of nitro groups is 1. The summed E-state index contributed by atoms with van der Waals surface area (Å²) in [6.45, 7) is 0. The molecule has 1 aromatic rings. The Morgan fingerprint density at radius 3 is 2.46 bits per heavy atom. The van der Waals surface area contributed by atoms with Crippen molar-refractivity contribution in [1.82, 2.24) is 0 Å². The number of benzene rings is 1. The fourth-order valence-corrected chi connectivity index (χ4v) is 1.79. The topological polar surface area (TPSA) is 52.4 Å². The van der Waals surface area contributed by atoms with Crippen molar-refractivity contribution in [2.24, 2.45) is 0 Å². The summed E-state index contributed by atoms with van der Waals surface area (Å²) in [7, 11) is 1.50. The van der Waals surface area contributed by atoms with Gasteiger partial charge in [-0.3, -0.25) is 10.1 Å². The Balaban J connectivity index is 3.31. The number of ether oxygens (including phenoxy) is 1. The molecule has 0 saturated heterocycles. The molecule has 0 aliphatic rings.